The highest BCUT2D eigenvalue weighted by atomic mass is 16.5. The molecule has 0 spiro atoms. The van der Waals surface area contributed by atoms with E-state index in [2.05, 4.69) is 15.6 Å². The van der Waals surface area contributed by atoms with Gasteiger partial charge in [-0.2, -0.15) is 0 Å². The molecule has 1 aromatic heterocycles. The molecule has 2 aromatic carbocycles. The van der Waals surface area contributed by atoms with Gasteiger partial charge in [0.15, 0.2) is 0 Å². The number of imidazole rings is 1. The van der Waals surface area contributed by atoms with E-state index < -0.39 is 0 Å². The van der Waals surface area contributed by atoms with E-state index in [1.165, 1.54) is 0 Å². The van der Waals surface area contributed by atoms with Gasteiger partial charge >= 0.3 is 0 Å². The highest BCUT2D eigenvalue weighted by Crippen LogP contribution is 2.24. The molecular formula is C16H17N3O. The molecule has 0 aliphatic heterocycles. The molecule has 4 heteroatoms. The van der Waals surface area contributed by atoms with Crippen molar-refractivity contribution in [3.8, 4) is 5.75 Å². The van der Waals surface area contributed by atoms with Crippen LogP contribution in [0, 0.1) is 0 Å². The lowest BCUT2D eigenvalue weighted by Crippen LogP contribution is -2.19. The predicted octanol–water partition coefficient (Wildman–Crippen LogP) is 2.59. The first-order valence-electron chi connectivity index (χ1n) is 6.59. The summed E-state index contributed by atoms with van der Waals surface area (Å²) >= 11 is 0. The number of aromatic nitrogens is 2. The van der Waals surface area contributed by atoms with Crippen molar-refractivity contribution in [3.05, 3.63) is 60.4 Å². The van der Waals surface area contributed by atoms with Crippen LogP contribution >= 0.6 is 0 Å². The summed E-state index contributed by atoms with van der Waals surface area (Å²) in [6.45, 7) is 0.521. The van der Waals surface area contributed by atoms with E-state index >= 15 is 0 Å². The summed E-state index contributed by atoms with van der Waals surface area (Å²) in [4.78, 5) is 4.43. The quantitative estimate of drug-likeness (QED) is 0.790. The summed E-state index contributed by atoms with van der Waals surface area (Å²) in [5.41, 5.74) is 9.21. The van der Waals surface area contributed by atoms with Crippen LogP contribution < -0.4 is 10.5 Å². The van der Waals surface area contributed by atoms with Crippen LogP contribution in [-0.4, -0.2) is 23.2 Å². The summed E-state index contributed by atoms with van der Waals surface area (Å²) in [6, 6.07) is 16.2. The normalized spacial score (nSPS) is 12.5. The molecule has 0 aliphatic carbocycles. The highest BCUT2D eigenvalue weighted by Gasteiger charge is 2.14. The van der Waals surface area contributed by atoms with Crippen molar-refractivity contribution < 1.29 is 4.74 Å². The van der Waals surface area contributed by atoms with Crippen molar-refractivity contribution in [1.29, 1.82) is 0 Å². The molecule has 1 heterocycles. The number of benzene rings is 2. The summed E-state index contributed by atoms with van der Waals surface area (Å²) in [6.07, 6.45) is 1.85. The molecule has 0 amide bonds. The number of nitrogens with zero attached hydrogens (tertiary/aromatic N) is 2. The van der Waals surface area contributed by atoms with Gasteiger partial charge in [-0.25, -0.2) is 4.98 Å². The number of nitrogens with two attached hydrogens (primary N) is 1. The fourth-order valence-corrected chi connectivity index (χ4v) is 2.46. The zero-order valence-corrected chi connectivity index (χ0v) is 11.4. The van der Waals surface area contributed by atoms with Gasteiger partial charge in [-0.1, -0.05) is 24.3 Å². The minimum absolute atomic E-state index is 0.0771. The number of hydrogen-bond acceptors (Lipinski definition) is 3. The van der Waals surface area contributed by atoms with Gasteiger partial charge in [-0.3, -0.25) is 0 Å². The zero-order valence-electron chi connectivity index (χ0n) is 11.4. The Balaban J connectivity index is 2.04. The lowest BCUT2D eigenvalue weighted by Gasteiger charge is -2.18. The van der Waals surface area contributed by atoms with E-state index in [0.29, 0.717) is 6.54 Å². The maximum atomic E-state index is 5.98. The minimum Gasteiger partial charge on any atom is -0.497 e. The topological polar surface area (TPSA) is 53.1 Å². The van der Waals surface area contributed by atoms with Crippen molar-refractivity contribution in [1.82, 2.24) is 9.55 Å². The Kier molecular flexibility index (Phi) is 3.39. The fourth-order valence-electron chi connectivity index (χ4n) is 2.46. The molecule has 20 heavy (non-hydrogen) atoms. The molecular weight excluding hydrogens is 250 g/mol. The molecule has 4 nitrogen and oxygen atoms in total. The summed E-state index contributed by atoms with van der Waals surface area (Å²) in [5, 5.41) is 0. The average Bonchev–Trinajstić information content (AvgIpc) is 2.93. The third-order valence-corrected chi connectivity index (χ3v) is 3.54. The lowest BCUT2D eigenvalue weighted by molar-refractivity contribution is 0.414. The molecule has 0 bridgehead atoms. The average molecular weight is 267 g/mol. The van der Waals surface area contributed by atoms with Crippen LogP contribution in [0.3, 0.4) is 0 Å². The van der Waals surface area contributed by atoms with Crippen molar-refractivity contribution in [3.63, 3.8) is 0 Å². The Morgan fingerprint density at radius 3 is 2.60 bits per heavy atom. The predicted molar refractivity (Wildman–Crippen MR) is 79.9 cm³/mol. The maximum Gasteiger partial charge on any atom is 0.118 e. The standard InChI is InChI=1S/C16H17N3O/c1-20-13-8-6-12(7-9-13)16(10-17)19-11-18-14-4-2-3-5-15(14)19/h2-9,11,16H,10,17H2,1H3. The molecule has 0 aliphatic rings. The molecule has 0 radical (unpaired) electrons. The SMILES string of the molecule is COc1ccc(C(CN)n2cnc3ccccc32)cc1. The van der Waals surface area contributed by atoms with Crippen LogP contribution in [0.2, 0.25) is 0 Å². The number of para-hydroxylation sites is 2. The van der Waals surface area contributed by atoms with E-state index in [4.69, 9.17) is 10.5 Å². The lowest BCUT2D eigenvalue weighted by atomic mass is 10.1. The number of fused-ring (bicyclic) bond motifs is 1. The van der Waals surface area contributed by atoms with Crippen molar-refractivity contribution in [2.45, 2.75) is 6.04 Å². The first-order chi connectivity index (χ1) is 9.83. The molecule has 1 unspecified atom stereocenters. The largest absolute Gasteiger partial charge is 0.497 e. The molecule has 0 saturated carbocycles. The summed E-state index contributed by atoms with van der Waals surface area (Å²) < 4.78 is 7.32. The van der Waals surface area contributed by atoms with Crippen LogP contribution in [0.25, 0.3) is 11.0 Å². The first kappa shape index (κ1) is 12.7. The first-order valence-corrected chi connectivity index (χ1v) is 6.59. The van der Waals surface area contributed by atoms with E-state index in [9.17, 15) is 0 Å². The molecule has 0 saturated heterocycles. The molecule has 3 rings (SSSR count). The molecule has 3 aromatic rings. The second kappa shape index (κ2) is 5.35. The Morgan fingerprint density at radius 1 is 1.15 bits per heavy atom. The third kappa shape index (κ3) is 2.14. The second-order valence-electron chi connectivity index (χ2n) is 4.67. The molecule has 102 valence electrons. The Hall–Kier alpha value is -2.33. The highest BCUT2D eigenvalue weighted by molar-refractivity contribution is 5.75. The monoisotopic (exact) mass is 267 g/mol. The van der Waals surface area contributed by atoms with E-state index in [-0.39, 0.29) is 6.04 Å². The van der Waals surface area contributed by atoms with Gasteiger partial charge in [-0.05, 0) is 29.8 Å². The smallest absolute Gasteiger partial charge is 0.118 e. The van der Waals surface area contributed by atoms with Gasteiger partial charge in [0.25, 0.3) is 0 Å². The van der Waals surface area contributed by atoms with Crippen LogP contribution in [-0.2, 0) is 0 Å². The van der Waals surface area contributed by atoms with Gasteiger partial charge in [-0.15, -0.1) is 0 Å². The Bertz CT molecular complexity index is 703. The number of rotatable bonds is 4. The van der Waals surface area contributed by atoms with Crippen LogP contribution in [0.5, 0.6) is 5.75 Å². The fraction of sp³-hybridized carbons (Fsp3) is 0.188. The van der Waals surface area contributed by atoms with E-state index in [0.717, 1.165) is 22.3 Å². The third-order valence-electron chi connectivity index (χ3n) is 3.54. The Labute approximate surface area is 117 Å². The second-order valence-corrected chi connectivity index (χ2v) is 4.67. The number of methoxy groups -OCH3 is 1. The van der Waals surface area contributed by atoms with Crippen molar-refractivity contribution >= 4 is 11.0 Å². The number of hydrogen-bond donors (Lipinski definition) is 1. The number of ether oxygens (including phenoxy) is 1. The van der Waals surface area contributed by atoms with Crippen molar-refractivity contribution in [2.75, 3.05) is 13.7 Å². The van der Waals surface area contributed by atoms with E-state index in [1.807, 2.05) is 48.8 Å². The maximum absolute atomic E-state index is 5.98. The molecule has 2 N–H and O–H groups in total. The van der Waals surface area contributed by atoms with Gasteiger partial charge in [0, 0.05) is 6.54 Å². The Morgan fingerprint density at radius 2 is 1.90 bits per heavy atom. The molecule has 1 atom stereocenters. The van der Waals surface area contributed by atoms with Gasteiger partial charge < -0.3 is 15.0 Å². The minimum atomic E-state index is 0.0771. The van der Waals surface area contributed by atoms with Gasteiger partial charge in [0.05, 0.1) is 30.5 Å². The summed E-state index contributed by atoms with van der Waals surface area (Å²) in [7, 11) is 1.67. The van der Waals surface area contributed by atoms with Gasteiger partial charge in [0.2, 0.25) is 0 Å². The van der Waals surface area contributed by atoms with Crippen molar-refractivity contribution in [2.24, 2.45) is 5.73 Å². The van der Waals surface area contributed by atoms with Crippen LogP contribution in [0.15, 0.2) is 54.9 Å². The van der Waals surface area contributed by atoms with Gasteiger partial charge in [0.1, 0.15) is 5.75 Å². The van der Waals surface area contributed by atoms with Crippen LogP contribution in [0.4, 0.5) is 0 Å². The zero-order chi connectivity index (χ0) is 13.9. The van der Waals surface area contributed by atoms with E-state index in [1.54, 1.807) is 7.11 Å². The molecule has 0 fully saturated rings. The summed E-state index contributed by atoms with van der Waals surface area (Å²) in [5.74, 6) is 0.847. The van der Waals surface area contributed by atoms with Crippen LogP contribution in [0.1, 0.15) is 11.6 Å².